The zero-order valence-electron chi connectivity index (χ0n) is 17.1. The molecule has 4 aromatic rings. The average Bonchev–Trinajstić information content (AvgIpc) is 2.76. The molecule has 11 nitrogen and oxygen atoms in total. The number of hydrogen-bond donors (Lipinski definition) is 3. The number of benzene rings is 3. The number of fused-ring (bicyclic) bond motifs is 3. The molecule has 0 saturated carbocycles. The van der Waals surface area contributed by atoms with Crippen LogP contribution in [0.15, 0.2) is 62.5 Å². The van der Waals surface area contributed by atoms with Crippen molar-refractivity contribution in [1.82, 2.24) is 9.97 Å². The fraction of sp³-hybridized carbons (Fsp3) is 0.100. The van der Waals surface area contributed by atoms with E-state index in [0.717, 1.165) is 0 Å². The van der Waals surface area contributed by atoms with Gasteiger partial charge in [-0.3, -0.25) is 4.55 Å². The fourth-order valence-electron chi connectivity index (χ4n) is 3.38. The second kappa shape index (κ2) is 8.97. The summed E-state index contributed by atoms with van der Waals surface area (Å²) in [5.41, 5.74) is 0.642. The van der Waals surface area contributed by atoms with Crippen LogP contribution < -0.4 is 0 Å². The molecule has 3 N–H and O–H groups in total. The Bertz CT molecular complexity index is 1500. The van der Waals surface area contributed by atoms with E-state index < -0.39 is 10.1 Å². The summed E-state index contributed by atoms with van der Waals surface area (Å²) in [6.45, 7) is 3.47. The van der Waals surface area contributed by atoms with Crippen molar-refractivity contribution in [2.24, 2.45) is 10.2 Å². The number of rotatable bonds is 6. The summed E-state index contributed by atoms with van der Waals surface area (Å²) in [7, 11) is -4.50. The molecule has 1 heterocycles. The van der Waals surface area contributed by atoms with Crippen LogP contribution in [0.4, 0.5) is 11.5 Å². The Balaban J connectivity index is 2.00. The quantitative estimate of drug-likeness (QED) is 0.0820. The smallest absolute Gasteiger partial charge is 0.294 e. The molecule has 0 amide bonds. The van der Waals surface area contributed by atoms with Crippen LogP contribution in [0.25, 0.3) is 21.5 Å². The van der Waals surface area contributed by atoms with E-state index in [1.165, 1.54) is 18.2 Å². The van der Waals surface area contributed by atoms with Gasteiger partial charge in [-0.2, -0.15) is 8.42 Å². The van der Waals surface area contributed by atoms with Crippen molar-refractivity contribution in [2.45, 2.75) is 23.6 Å². The lowest BCUT2D eigenvalue weighted by atomic mass is 9.99. The van der Waals surface area contributed by atoms with Gasteiger partial charge in [-0.15, -0.1) is 14.6 Å². The average molecular weight is 489 g/mol. The Morgan fingerprint density at radius 3 is 2.36 bits per heavy atom. The second-order valence-corrected chi connectivity index (χ2v) is 9.12. The zero-order chi connectivity index (χ0) is 23.8. The molecule has 0 radical (unpaired) electrons. The van der Waals surface area contributed by atoms with Crippen molar-refractivity contribution in [3.8, 4) is 5.75 Å². The molecular weight excluding hydrogens is 472 g/mol. The van der Waals surface area contributed by atoms with Crippen molar-refractivity contribution >= 4 is 55.2 Å². The lowest BCUT2D eigenvalue weighted by molar-refractivity contribution is -0.432. The van der Waals surface area contributed by atoms with Gasteiger partial charge in [0.15, 0.2) is 11.6 Å². The molecule has 1 aromatic heterocycles. The first-order chi connectivity index (χ1) is 15.7. The molecule has 0 saturated heterocycles. The fourth-order valence-corrected chi connectivity index (χ4v) is 4.29. The van der Waals surface area contributed by atoms with E-state index in [4.69, 9.17) is 5.26 Å². The minimum atomic E-state index is -4.50. The van der Waals surface area contributed by atoms with E-state index in [1.807, 2.05) is 0 Å². The Hall–Kier alpha value is -3.20. The van der Waals surface area contributed by atoms with E-state index in [-0.39, 0.29) is 27.5 Å². The molecule has 0 atom stereocenters. The molecule has 4 rings (SSSR count). The molecule has 0 unspecified atom stereocenters. The predicted molar refractivity (Wildman–Crippen MR) is 119 cm³/mol. The third-order valence-electron chi connectivity index (χ3n) is 4.67. The van der Waals surface area contributed by atoms with Crippen molar-refractivity contribution in [3.63, 3.8) is 0 Å². The molecule has 33 heavy (non-hydrogen) atoms. The van der Waals surface area contributed by atoms with Crippen molar-refractivity contribution in [1.29, 1.82) is 0 Å². The largest absolute Gasteiger partial charge is 0.505 e. The Kier molecular flexibility index (Phi) is 6.25. The SMILES string of the molecule is Cc1cc(N=Nc2c(O)c3cc(SOOO)ccc3c3ccc(S(=O)(=O)O)cc23)nc(C)n1. The van der Waals surface area contributed by atoms with Gasteiger partial charge in [0, 0.05) is 27.4 Å². The van der Waals surface area contributed by atoms with Gasteiger partial charge in [0.25, 0.3) is 10.1 Å². The first-order valence-electron chi connectivity index (χ1n) is 9.26. The summed E-state index contributed by atoms with van der Waals surface area (Å²) in [6, 6.07) is 10.4. The molecule has 0 spiro atoms. The molecule has 0 aliphatic carbocycles. The summed E-state index contributed by atoms with van der Waals surface area (Å²) >= 11 is 0.708. The lowest BCUT2D eigenvalue weighted by Crippen LogP contribution is -1.97. The van der Waals surface area contributed by atoms with Crippen LogP contribution in [0.2, 0.25) is 0 Å². The second-order valence-electron chi connectivity index (χ2n) is 6.93. The van der Waals surface area contributed by atoms with E-state index in [1.54, 1.807) is 38.1 Å². The van der Waals surface area contributed by atoms with Crippen LogP contribution in [0, 0.1) is 13.8 Å². The number of azo groups is 1. The molecule has 0 fully saturated rings. The van der Waals surface area contributed by atoms with Gasteiger partial charge in [-0.05, 0) is 48.9 Å². The van der Waals surface area contributed by atoms with E-state index >= 15 is 0 Å². The van der Waals surface area contributed by atoms with Crippen LogP contribution in [-0.2, 0) is 19.5 Å². The molecule has 0 aliphatic rings. The van der Waals surface area contributed by atoms with Gasteiger partial charge in [-0.25, -0.2) is 15.2 Å². The van der Waals surface area contributed by atoms with Gasteiger partial charge >= 0.3 is 0 Å². The van der Waals surface area contributed by atoms with Crippen LogP contribution in [0.3, 0.4) is 0 Å². The van der Waals surface area contributed by atoms with Gasteiger partial charge in [-0.1, -0.05) is 17.2 Å². The van der Waals surface area contributed by atoms with Crippen molar-refractivity contribution in [2.75, 3.05) is 0 Å². The molecule has 170 valence electrons. The highest BCUT2D eigenvalue weighted by Crippen LogP contribution is 2.45. The number of phenolic OH excluding ortho intramolecular Hbond substituents is 1. The zero-order valence-corrected chi connectivity index (χ0v) is 18.8. The Labute approximate surface area is 191 Å². The van der Waals surface area contributed by atoms with Gasteiger partial charge in [0.2, 0.25) is 0 Å². The van der Waals surface area contributed by atoms with Crippen LogP contribution in [-0.4, -0.2) is 33.3 Å². The van der Waals surface area contributed by atoms with E-state index in [0.29, 0.717) is 44.6 Å². The summed E-state index contributed by atoms with van der Waals surface area (Å²) < 4.78 is 37.4. The Morgan fingerprint density at radius 1 is 0.939 bits per heavy atom. The number of nitrogens with zero attached hydrogens (tertiary/aromatic N) is 4. The number of aromatic nitrogens is 2. The summed E-state index contributed by atoms with van der Waals surface area (Å²) in [6.07, 6.45) is 0. The number of hydrogen-bond acceptors (Lipinski definition) is 11. The molecule has 13 heteroatoms. The van der Waals surface area contributed by atoms with Crippen LogP contribution in [0.5, 0.6) is 5.75 Å². The van der Waals surface area contributed by atoms with Gasteiger partial charge in [0.05, 0.1) is 16.9 Å². The molecule has 0 aliphatic heterocycles. The topological polar surface area (TPSA) is 164 Å². The van der Waals surface area contributed by atoms with Crippen molar-refractivity contribution in [3.05, 3.63) is 54.0 Å². The van der Waals surface area contributed by atoms with Crippen LogP contribution >= 0.6 is 12.0 Å². The molecule has 3 aromatic carbocycles. The summed E-state index contributed by atoms with van der Waals surface area (Å²) in [5, 5.41) is 33.0. The van der Waals surface area contributed by atoms with Crippen molar-refractivity contribution < 1.29 is 32.7 Å². The summed E-state index contributed by atoms with van der Waals surface area (Å²) in [5.74, 6) is 0.443. The van der Waals surface area contributed by atoms with Gasteiger partial charge in [0.1, 0.15) is 11.5 Å². The van der Waals surface area contributed by atoms with Gasteiger partial charge < -0.3 is 5.11 Å². The minimum absolute atomic E-state index is 0.0293. The van der Waals surface area contributed by atoms with Crippen LogP contribution in [0.1, 0.15) is 11.5 Å². The maximum Gasteiger partial charge on any atom is 0.294 e. The molecular formula is C20H16N4O7S2. The molecule has 0 bridgehead atoms. The first-order valence-corrected chi connectivity index (χ1v) is 11.4. The lowest BCUT2D eigenvalue weighted by Gasteiger charge is -2.12. The number of aromatic hydroxyl groups is 1. The number of aryl methyl sites for hydroxylation is 2. The minimum Gasteiger partial charge on any atom is -0.505 e. The standard InChI is InChI=1S/C20H16N4O7S2/c1-10-7-18(22-11(2)21-10)23-24-19-16-9-13(33(27,28)29)4-6-14(16)15-5-3-12(32-31-30-26)8-17(15)20(19)25/h3-9,25-26H,1-2H3,(H,27,28,29). The summed E-state index contributed by atoms with van der Waals surface area (Å²) in [4.78, 5) is 8.48. The predicted octanol–water partition coefficient (Wildman–Crippen LogP) is 5.20. The third kappa shape index (κ3) is 4.78. The Morgan fingerprint density at radius 2 is 1.67 bits per heavy atom. The van der Waals surface area contributed by atoms with E-state index in [2.05, 4.69) is 29.6 Å². The highest BCUT2D eigenvalue weighted by Gasteiger charge is 2.18. The highest BCUT2D eigenvalue weighted by molar-refractivity contribution is 7.94. The normalized spacial score (nSPS) is 12.2. The first kappa shape index (κ1) is 23.0. The maximum absolute atomic E-state index is 11.7. The number of phenols is 1. The van der Waals surface area contributed by atoms with E-state index in [9.17, 15) is 18.1 Å². The monoisotopic (exact) mass is 488 g/mol. The highest BCUT2D eigenvalue weighted by atomic mass is 32.2. The maximum atomic E-state index is 11.7. The third-order valence-corrected chi connectivity index (χ3v) is 6.10.